The van der Waals surface area contributed by atoms with Gasteiger partial charge in [0.1, 0.15) is 4.21 Å². The number of halogens is 2. The summed E-state index contributed by atoms with van der Waals surface area (Å²) < 4.78 is 28.3. The summed E-state index contributed by atoms with van der Waals surface area (Å²) >= 11 is 7.63. The van der Waals surface area contributed by atoms with Crippen molar-refractivity contribution in [2.24, 2.45) is 0 Å². The van der Waals surface area contributed by atoms with E-state index in [0.29, 0.717) is 11.4 Å². The maximum absolute atomic E-state index is 12.0. The second-order valence-electron chi connectivity index (χ2n) is 3.40. The van der Waals surface area contributed by atoms with E-state index in [1.165, 1.54) is 0 Å². The Balaban J connectivity index is 2.30. The van der Waals surface area contributed by atoms with Gasteiger partial charge in [0.15, 0.2) is 0 Å². The van der Waals surface area contributed by atoms with Crippen molar-refractivity contribution in [3.63, 3.8) is 0 Å². The number of rotatable bonds is 3. The molecule has 0 amide bonds. The van der Waals surface area contributed by atoms with Gasteiger partial charge in [-0.05, 0) is 62.2 Å². The van der Waals surface area contributed by atoms with Crippen LogP contribution < -0.4 is 10.5 Å². The first-order chi connectivity index (χ1) is 8.38. The maximum Gasteiger partial charge on any atom is 0.271 e. The van der Waals surface area contributed by atoms with Gasteiger partial charge in [0.05, 0.1) is 9.47 Å². The molecule has 0 saturated carbocycles. The van der Waals surface area contributed by atoms with Crippen LogP contribution in [0.15, 0.2) is 42.8 Å². The number of benzene rings is 1. The predicted molar refractivity (Wildman–Crippen MR) is 81.4 cm³/mol. The summed E-state index contributed by atoms with van der Waals surface area (Å²) in [6, 6.07) is 8.12. The van der Waals surface area contributed by atoms with Crippen LogP contribution in [-0.2, 0) is 10.0 Å². The second-order valence-corrected chi connectivity index (χ2v) is 8.63. The van der Waals surface area contributed by atoms with Crippen LogP contribution in [-0.4, -0.2) is 8.42 Å². The molecule has 1 aromatic carbocycles. The largest absolute Gasteiger partial charge is 0.398 e. The maximum atomic E-state index is 12.0. The van der Waals surface area contributed by atoms with Crippen LogP contribution in [0.25, 0.3) is 0 Å². The molecule has 0 radical (unpaired) electrons. The topological polar surface area (TPSA) is 72.2 Å². The molecule has 0 aliphatic rings. The predicted octanol–water partition coefficient (Wildman–Crippen LogP) is 3.66. The number of sulfonamides is 1. The average Bonchev–Trinajstić information content (AvgIpc) is 2.71. The SMILES string of the molecule is Nc1cc(NS(=O)(=O)c2ccc(Br)s2)ccc1Br. The molecule has 0 saturated heterocycles. The summed E-state index contributed by atoms with van der Waals surface area (Å²) in [4.78, 5) is 0. The van der Waals surface area contributed by atoms with Crippen LogP contribution in [0.4, 0.5) is 11.4 Å². The molecular formula is C10H8Br2N2O2S2. The summed E-state index contributed by atoms with van der Waals surface area (Å²) in [5.41, 5.74) is 6.60. The fourth-order valence-corrected chi connectivity index (χ4v) is 4.56. The third-order valence-electron chi connectivity index (χ3n) is 2.06. The van der Waals surface area contributed by atoms with Crippen molar-refractivity contribution in [3.05, 3.63) is 38.6 Å². The highest BCUT2D eigenvalue weighted by Gasteiger charge is 2.16. The Kier molecular flexibility index (Phi) is 4.00. The van der Waals surface area contributed by atoms with E-state index >= 15 is 0 Å². The van der Waals surface area contributed by atoms with Crippen molar-refractivity contribution in [1.29, 1.82) is 0 Å². The zero-order valence-corrected chi connectivity index (χ0v) is 13.7. The smallest absolute Gasteiger partial charge is 0.271 e. The third kappa shape index (κ3) is 3.05. The molecular weight excluding hydrogens is 404 g/mol. The molecule has 1 heterocycles. The Labute approximate surface area is 126 Å². The van der Waals surface area contributed by atoms with E-state index in [-0.39, 0.29) is 4.21 Å². The van der Waals surface area contributed by atoms with Crippen LogP contribution in [0.3, 0.4) is 0 Å². The lowest BCUT2D eigenvalue weighted by Gasteiger charge is -2.07. The highest BCUT2D eigenvalue weighted by Crippen LogP contribution is 2.29. The number of hydrogen-bond donors (Lipinski definition) is 2. The Hall–Kier alpha value is -0.570. The van der Waals surface area contributed by atoms with Crippen LogP contribution in [0, 0.1) is 0 Å². The number of nitrogens with two attached hydrogens (primary N) is 1. The van der Waals surface area contributed by atoms with Gasteiger partial charge in [0.2, 0.25) is 0 Å². The molecule has 0 unspecified atom stereocenters. The zero-order valence-electron chi connectivity index (χ0n) is 8.85. The zero-order chi connectivity index (χ0) is 13.3. The summed E-state index contributed by atoms with van der Waals surface area (Å²) in [6.45, 7) is 0. The summed E-state index contributed by atoms with van der Waals surface area (Å²) in [6.07, 6.45) is 0. The minimum atomic E-state index is -3.55. The van der Waals surface area contributed by atoms with E-state index in [0.717, 1.165) is 19.6 Å². The van der Waals surface area contributed by atoms with Crippen LogP contribution in [0.1, 0.15) is 0 Å². The Morgan fingerprint density at radius 2 is 1.89 bits per heavy atom. The lowest BCUT2D eigenvalue weighted by Crippen LogP contribution is -2.11. The lowest BCUT2D eigenvalue weighted by molar-refractivity contribution is 0.603. The third-order valence-corrected chi connectivity index (χ3v) is 6.28. The molecule has 4 nitrogen and oxygen atoms in total. The summed E-state index contributed by atoms with van der Waals surface area (Å²) in [7, 11) is -3.55. The Morgan fingerprint density at radius 1 is 1.17 bits per heavy atom. The minimum Gasteiger partial charge on any atom is -0.398 e. The molecule has 3 N–H and O–H groups in total. The van der Waals surface area contributed by atoms with E-state index in [1.807, 2.05) is 0 Å². The summed E-state index contributed by atoms with van der Waals surface area (Å²) in [5, 5.41) is 0. The van der Waals surface area contributed by atoms with Crippen molar-refractivity contribution < 1.29 is 8.42 Å². The van der Waals surface area contributed by atoms with Gasteiger partial charge in [0, 0.05) is 10.2 Å². The quantitative estimate of drug-likeness (QED) is 0.757. The van der Waals surface area contributed by atoms with Crippen molar-refractivity contribution in [3.8, 4) is 0 Å². The first kappa shape index (κ1) is 13.9. The fraction of sp³-hybridized carbons (Fsp3) is 0. The van der Waals surface area contributed by atoms with Gasteiger partial charge in [-0.15, -0.1) is 11.3 Å². The van der Waals surface area contributed by atoms with Gasteiger partial charge in [0.25, 0.3) is 10.0 Å². The molecule has 0 atom stereocenters. The number of hydrogen-bond acceptors (Lipinski definition) is 4. The standard InChI is InChI=1S/C10H8Br2N2O2S2/c11-7-2-1-6(5-8(7)13)14-18(15,16)10-4-3-9(12)17-10/h1-5,14H,13H2. The normalized spacial score (nSPS) is 11.4. The number of anilines is 2. The Morgan fingerprint density at radius 3 is 2.44 bits per heavy atom. The van der Waals surface area contributed by atoms with Crippen LogP contribution >= 0.6 is 43.2 Å². The molecule has 0 aliphatic heterocycles. The fourth-order valence-electron chi connectivity index (χ4n) is 1.25. The van der Waals surface area contributed by atoms with Crippen LogP contribution in [0.2, 0.25) is 0 Å². The van der Waals surface area contributed by atoms with Gasteiger partial charge in [-0.1, -0.05) is 0 Å². The van der Waals surface area contributed by atoms with Gasteiger partial charge in [-0.3, -0.25) is 4.72 Å². The second kappa shape index (κ2) is 5.20. The number of nitrogens with one attached hydrogen (secondary N) is 1. The summed E-state index contributed by atoms with van der Waals surface area (Å²) in [5.74, 6) is 0. The van der Waals surface area contributed by atoms with E-state index in [2.05, 4.69) is 36.6 Å². The van der Waals surface area contributed by atoms with E-state index in [1.54, 1.807) is 30.3 Å². The van der Waals surface area contributed by atoms with Crippen molar-refractivity contribution in [2.45, 2.75) is 4.21 Å². The average molecular weight is 412 g/mol. The molecule has 0 bridgehead atoms. The minimum absolute atomic E-state index is 0.246. The monoisotopic (exact) mass is 410 g/mol. The molecule has 2 rings (SSSR count). The van der Waals surface area contributed by atoms with Gasteiger partial charge in [-0.2, -0.15) is 0 Å². The van der Waals surface area contributed by atoms with Crippen molar-refractivity contribution in [1.82, 2.24) is 0 Å². The molecule has 2 aromatic rings. The molecule has 0 fully saturated rings. The van der Waals surface area contributed by atoms with Gasteiger partial charge < -0.3 is 5.73 Å². The first-order valence-corrected chi connectivity index (χ1v) is 8.60. The van der Waals surface area contributed by atoms with E-state index in [4.69, 9.17) is 5.73 Å². The first-order valence-electron chi connectivity index (χ1n) is 4.72. The lowest BCUT2D eigenvalue weighted by atomic mass is 10.3. The van der Waals surface area contributed by atoms with Gasteiger partial charge in [-0.25, -0.2) is 8.42 Å². The molecule has 18 heavy (non-hydrogen) atoms. The van der Waals surface area contributed by atoms with Crippen LogP contribution in [0.5, 0.6) is 0 Å². The number of thiophene rings is 1. The molecule has 96 valence electrons. The van der Waals surface area contributed by atoms with E-state index in [9.17, 15) is 8.42 Å². The number of nitrogen functional groups attached to an aromatic ring is 1. The van der Waals surface area contributed by atoms with E-state index < -0.39 is 10.0 Å². The molecule has 0 spiro atoms. The van der Waals surface area contributed by atoms with Crippen molar-refractivity contribution >= 4 is 64.6 Å². The van der Waals surface area contributed by atoms with Crippen molar-refractivity contribution in [2.75, 3.05) is 10.5 Å². The molecule has 1 aromatic heterocycles. The molecule has 0 aliphatic carbocycles. The highest BCUT2D eigenvalue weighted by atomic mass is 79.9. The Bertz CT molecular complexity index is 683. The van der Waals surface area contributed by atoms with Gasteiger partial charge >= 0.3 is 0 Å². The highest BCUT2D eigenvalue weighted by molar-refractivity contribution is 9.11. The molecule has 8 heteroatoms.